The molecule has 128 valence electrons. The number of rotatable bonds is 3. The van der Waals surface area contributed by atoms with Crippen molar-refractivity contribution >= 4 is 0 Å². The van der Waals surface area contributed by atoms with Crippen molar-refractivity contribution in [2.75, 3.05) is 6.54 Å². The van der Waals surface area contributed by atoms with Gasteiger partial charge in [-0.25, -0.2) is 4.57 Å². The maximum absolute atomic E-state index is 4.73. The predicted octanol–water partition coefficient (Wildman–Crippen LogP) is 3.29. The van der Waals surface area contributed by atoms with Gasteiger partial charge in [-0.2, -0.15) is 0 Å². The Balaban J connectivity index is 1.86. The Morgan fingerprint density at radius 1 is 1.17 bits per heavy atom. The van der Waals surface area contributed by atoms with Crippen LogP contribution in [0.25, 0.3) is 0 Å². The van der Waals surface area contributed by atoms with Gasteiger partial charge in [-0.3, -0.25) is 4.98 Å². The van der Waals surface area contributed by atoms with Gasteiger partial charge in [-0.05, 0) is 36.5 Å². The number of pyridine rings is 2. The van der Waals surface area contributed by atoms with Gasteiger partial charge in [0.2, 0.25) is 0 Å². The van der Waals surface area contributed by atoms with Gasteiger partial charge in [0.15, 0.2) is 18.9 Å². The summed E-state index contributed by atoms with van der Waals surface area (Å²) in [6.07, 6.45) is 7.58. The lowest BCUT2D eigenvalue weighted by Gasteiger charge is -2.25. The Bertz CT molecular complexity index is 726. The van der Waals surface area contributed by atoms with Crippen LogP contribution in [0.3, 0.4) is 0 Å². The van der Waals surface area contributed by atoms with Crippen molar-refractivity contribution < 1.29 is 4.57 Å². The maximum atomic E-state index is 4.73. The molecule has 0 atom stereocenters. The molecule has 24 heavy (non-hydrogen) atoms. The second-order valence-electron chi connectivity index (χ2n) is 8.66. The van der Waals surface area contributed by atoms with Crippen molar-refractivity contribution in [3.8, 4) is 0 Å². The van der Waals surface area contributed by atoms with E-state index >= 15 is 0 Å². The molecule has 0 saturated heterocycles. The molecular weight excluding hydrogens is 294 g/mol. The normalized spacial score (nSPS) is 15.2. The fraction of sp³-hybridized carbons (Fsp3) is 0.524. The van der Waals surface area contributed by atoms with Crippen LogP contribution in [0, 0.1) is 0 Å². The van der Waals surface area contributed by atoms with Crippen molar-refractivity contribution in [1.82, 2.24) is 10.3 Å². The summed E-state index contributed by atoms with van der Waals surface area (Å²) < 4.78 is 2.32. The van der Waals surface area contributed by atoms with Crippen LogP contribution in [0.1, 0.15) is 57.0 Å². The topological polar surface area (TPSA) is 28.8 Å². The minimum absolute atomic E-state index is 0.0423. The summed E-state index contributed by atoms with van der Waals surface area (Å²) in [5.41, 5.74) is 5.52. The molecule has 1 N–H and O–H groups in total. The van der Waals surface area contributed by atoms with Crippen LogP contribution in [0.15, 0.2) is 36.8 Å². The van der Waals surface area contributed by atoms with Crippen LogP contribution in [-0.4, -0.2) is 11.5 Å². The van der Waals surface area contributed by atoms with E-state index in [-0.39, 0.29) is 10.8 Å². The van der Waals surface area contributed by atoms with Crippen molar-refractivity contribution in [2.24, 2.45) is 0 Å². The molecule has 2 aromatic rings. The number of aromatic nitrogens is 2. The third-order valence-electron chi connectivity index (χ3n) is 5.00. The summed E-state index contributed by atoms with van der Waals surface area (Å²) in [6.45, 7) is 14.3. The Hall–Kier alpha value is -1.74. The SMILES string of the molecule is CC(C)(C)c1ccc[n+](CC(C)(C)c2cnc3c(c2)CNCC3)c1. The number of fused-ring (bicyclic) bond motifs is 1. The molecule has 3 heterocycles. The summed E-state index contributed by atoms with van der Waals surface area (Å²) >= 11 is 0. The third-order valence-corrected chi connectivity index (χ3v) is 5.00. The molecule has 3 heteroatoms. The third kappa shape index (κ3) is 3.67. The quantitative estimate of drug-likeness (QED) is 0.878. The van der Waals surface area contributed by atoms with E-state index in [0.29, 0.717) is 0 Å². The highest BCUT2D eigenvalue weighted by Gasteiger charge is 2.28. The molecular formula is C21H30N3+. The van der Waals surface area contributed by atoms with Crippen molar-refractivity contribution in [3.63, 3.8) is 0 Å². The first-order valence-electron chi connectivity index (χ1n) is 8.94. The van der Waals surface area contributed by atoms with Crippen LogP contribution in [-0.2, 0) is 30.3 Å². The lowest BCUT2D eigenvalue weighted by molar-refractivity contribution is -0.704. The maximum Gasteiger partial charge on any atom is 0.172 e. The summed E-state index contributed by atoms with van der Waals surface area (Å²) in [7, 11) is 0. The molecule has 3 rings (SSSR count). The highest BCUT2D eigenvalue weighted by atomic mass is 14.9. The monoisotopic (exact) mass is 324 g/mol. The highest BCUT2D eigenvalue weighted by molar-refractivity contribution is 5.31. The summed E-state index contributed by atoms with van der Waals surface area (Å²) in [5, 5.41) is 3.45. The van der Waals surface area contributed by atoms with E-state index < -0.39 is 0 Å². The first-order valence-corrected chi connectivity index (χ1v) is 8.94. The van der Waals surface area contributed by atoms with Gasteiger partial charge >= 0.3 is 0 Å². The largest absolute Gasteiger partial charge is 0.312 e. The van der Waals surface area contributed by atoms with Crippen LogP contribution >= 0.6 is 0 Å². The molecule has 0 aromatic carbocycles. The molecule has 1 aliphatic heterocycles. The summed E-state index contributed by atoms with van der Waals surface area (Å²) in [5.74, 6) is 0. The van der Waals surface area contributed by atoms with E-state index in [1.165, 1.54) is 22.4 Å². The average Bonchev–Trinajstić information content (AvgIpc) is 2.53. The number of nitrogens with zero attached hydrogens (tertiary/aromatic N) is 2. The van der Waals surface area contributed by atoms with Gasteiger partial charge in [-0.15, -0.1) is 0 Å². The van der Waals surface area contributed by atoms with Crippen molar-refractivity contribution in [2.45, 2.75) is 65.0 Å². The molecule has 3 nitrogen and oxygen atoms in total. The number of nitrogens with one attached hydrogen (secondary N) is 1. The Morgan fingerprint density at radius 2 is 1.96 bits per heavy atom. The average molecular weight is 324 g/mol. The van der Waals surface area contributed by atoms with Crippen molar-refractivity contribution in [3.05, 3.63) is 59.2 Å². The molecule has 2 aromatic heterocycles. The molecule has 0 bridgehead atoms. The van der Waals surface area contributed by atoms with E-state index in [2.05, 4.69) is 81.3 Å². The van der Waals surface area contributed by atoms with E-state index in [1.54, 1.807) is 0 Å². The van der Waals surface area contributed by atoms with Gasteiger partial charge in [0.25, 0.3) is 0 Å². The lowest BCUT2D eigenvalue weighted by atomic mass is 9.83. The first kappa shape index (κ1) is 17.1. The summed E-state index contributed by atoms with van der Waals surface area (Å²) in [4.78, 5) is 4.73. The molecule has 0 fully saturated rings. The zero-order chi connectivity index (χ0) is 17.4. The number of hydrogen-bond acceptors (Lipinski definition) is 2. The molecule has 0 unspecified atom stereocenters. The van der Waals surface area contributed by atoms with Crippen LogP contribution in [0.2, 0.25) is 0 Å². The first-order chi connectivity index (χ1) is 11.3. The smallest absolute Gasteiger partial charge is 0.172 e. The van der Waals surface area contributed by atoms with E-state index in [9.17, 15) is 0 Å². The van der Waals surface area contributed by atoms with Gasteiger partial charge in [0.05, 0.1) is 5.41 Å². The van der Waals surface area contributed by atoms with E-state index in [0.717, 1.165) is 26.1 Å². The predicted molar refractivity (Wildman–Crippen MR) is 98.0 cm³/mol. The van der Waals surface area contributed by atoms with Crippen molar-refractivity contribution in [1.29, 1.82) is 0 Å². The Labute approximate surface area is 146 Å². The Morgan fingerprint density at radius 3 is 2.71 bits per heavy atom. The van der Waals surface area contributed by atoms with E-state index in [4.69, 9.17) is 4.98 Å². The second kappa shape index (κ2) is 6.29. The molecule has 0 amide bonds. The molecule has 0 saturated carbocycles. The van der Waals surface area contributed by atoms with Crippen LogP contribution < -0.4 is 9.88 Å². The van der Waals surface area contributed by atoms with Crippen LogP contribution in [0.4, 0.5) is 0 Å². The molecule has 0 aliphatic carbocycles. The van der Waals surface area contributed by atoms with Gasteiger partial charge in [0, 0.05) is 43.0 Å². The number of hydrogen-bond donors (Lipinski definition) is 1. The summed E-state index contributed by atoms with van der Waals surface area (Å²) in [6, 6.07) is 6.73. The molecule has 0 spiro atoms. The Kier molecular flexibility index (Phi) is 4.48. The van der Waals surface area contributed by atoms with Crippen LogP contribution in [0.5, 0.6) is 0 Å². The zero-order valence-electron chi connectivity index (χ0n) is 15.7. The van der Waals surface area contributed by atoms with Gasteiger partial charge in [-0.1, -0.05) is 26.8 Å². The fourth-order valence-corrected chi connectivity index (χ4v) is 3.33. The standard InChI is InChI=1S/C21H30N3/c1-20(2,3)17-7-6-10-24(14-17)15-21(4,5)18-11-16-12-22-9-8-19(16)23-13-18/h6-7,10-11,13-14,22H,8-9,12,15H2,1-5H3/q+1. The van der Waals surface area contributed by atoms with E-state index in [1.807, 2.05) is 0 Å². The highest BCUT2D eigenvalue weighted by Crippen LogP contribution is 2.26. The molecule has 0 radical (unpaired) electrons. The second-order valence-corrected chi connectivity index (χ2v) is 8.66. The minimum atomic E-state index is 0.0423. The van der Waals surface area contributed by atoms with Gasteiger partial charge < -0.3 is 5.32 Å². The lowest BCUT2D eigenvalue weighted by Crippen LogP contribution is -2.44. The fourth-order valence-electron chi connectivity index (χ4n) is 3.33. The molecule has 1 aliphatic rings. The van der Waals surface area contributed by atoms with Gasteiger partial charge in [0.1, 0.15) is 0 Å². The minimum Gasteiger partial charge on any atom is -0.312 e. The zero-order valence-corrected chi connectivity index (χ0v) is 15.7.